The maximum atomic E-state index is 12.9. The topological polar surface area (TPSA) is 161 Å². The molecule has 2 amide bonds. The summed E-state index contributed by atoms with van der Waals surface area (Å²) < 4.78 is 1.63. The fraction of sp³-hybridized carbons (Fsp3) is 0.286. The Hall–Kier alpha value is -3.54. The second kappa shape index (κ2) is 8.10. The van der Waals surface area contributed by atoms with Crippen molar-refractivity contribution in [2.45, 2.75) is 25.7 Å². The van der Waals surface area contributed by atoms with Crippen LogP contribution < -0.4 is 16.8 Å². The van der Waals surface area contributed by atoms with Crippen molar-refractivity contribution in [3.05, 3.63) is 41.2 Å². The number of rotatable bonds is 5. The van der Waals surface area contributed by atoms with Crippen molar-refractivity contribution in [3.8, 4) is 11.4 Å². The first-order chi connectivity index (χ1) is 15.9. The van der Waals surface area contributed by atoms with Crippen LogP contribution in [0.2, 0.25) is 5.02 Å². The summed E-state index contributed by atoms with van der Waals surface area (Å²) in [6.45, 7) is 2.80. The maximum absolute atomic E-state index is 12.9. The number of hydrogen-bond donors (Lipinski definition) is 4. The standard InChI is InChI=1S/C21H22ClN9O2/c1-10(21(33)30-7-12(24)8-30)27-20(32)14-5-25-19-18(14)28-15(6-26-19)17-13-3-2-11(22)4-16(13)31(9-23)29-17/h2-6,10,12H,7-9,23-24H2,1H3,(H,25,26)(H,27,32)/t10-/m1/s1. The lowest BCUT2D eigenvalue weighted by molar-refractivity contribution is -0.137. The molecular weight excluding hydrogens is 446 g/mol. The van der Waals surface area contributed by atoms with E-state index in [1.165, 1.54) is 6.20 Å². The minimum Gasteiger partial charge on any atom is -0.344 e. The maximum Gasteiger partial charge on any atom is 0.255 e. The van der Waals surface area contributed by atoms with Crippen molar-refractivity contribution in [3.63, 3.8) is 0 Å². The van der Waals surface area contributed by atoms with Crippen LogP contribution in [0.4, 0.5) is 0 Å². The van der Waals surface area contributed by atoms with Gasteiger partial charge in [-0.3, -0.25) is 14.3 Å². The molecule has 1 atom stereocenters. The molecule has 0 radical (unpaired) electrons. The van der Waals surface area contributed by atoms with Crippen LogP contribution in [0.3, 0.4) is 0 Å². The molecule has 1 aliphatic rings. The highest BCUT2D eigenvalue weighted by atomic mass is 35.5. The minimum atomic E-state index is -0.694. The van der Waals surface area contributed by atoms with Crippen LogP contribution in [-0.4, -0.2) is 66.6 Å². The number of carbonyl (C=O) groups excluding carboxylic acids is 2. The van der Waals surface area contributed by atoms with Crippen LogP contribution in [0.25, 0.3) is 33.5 Å². The Bertz CT molecular complexity index is 1390. The van der Waals surface area contributed by atoms with Crippen molar-refractivity contribution in [1.29, 1.82) is 0 Å². The number of H-pyrrole nitrogens is 1. The van der Waals surface area contributed by atoms with Gasteiger partial charge in [-0.1, -0.05) is 11.6 Å². The second-order valence-corrected chi connectivity index (χ2v) is 8.48. The van der Waals surface area contributed by atoms with Gasteiger partial charge in [0.15, 0.2) is 5.65 Å². The lowest BCUT2D eigenvalue weighted by Crippen LogP contribution is -2.61. The number of nitrogens with zero attached hydrogens (tertiary/aromatic N) is 5. The third-order valence-corrected chi connectivity index (χ3v) is 5.93. The summed E-state index contributed by atoms with van der Waals surface area (Å²) >= 11 is 6.13. The van der Waals surface area contributed by atoms with Crippen LogP contribution in [-0.2, 0) is 11.5 Å². The van der Waals surface area contributed by atoms with E-state index in [1.54, 1.807) is 34.8 Å². The van der Waals surface area contributed by atoms with Crippen LogP contribution >= 0.6 is 11.6 Å². The second-order valence-electron chi connectivity index (χ2n) is 8.05. The summed E-state index contributed by atoms with van der Waals surface area (Å²) in [7, 11) is 0. The number of aromatic amines is 1. The molecule has 1 aliphatic heterocycles. The highest BCUT2D eigenvalue weighted by Crippen LogP contribution is 2.29. The Labute approximate surface area is 193 Å². The number of carbonyl (C=O) groups is 2. The van der Waals surface area contributed by atoms with Crippen LogP contribution in [0.1, 0.15) is 17.3 Å². The molecule has 4 aromatic rings. The van der Waals surface area contributed by atoms with E-state index in [0.29, 0.717) is 40.7 Å². The van der Waals surface area contributed by atoms with Gasteiger partial charge in [0.05, 0.1) is 23.9 Å². The lowest BCUT2D eigenvalue weighted by Gasteiger charge is -2.38. The molecule has 0 bridgehead atoms. The molecule has 1 fully saturated rings. The van der Waals surface area contributed by atoms with Gasteiger partial charge in [0, 0.05) is 35.7 Å². The van der Waals surface area contributed by atoms with Crippen molar-refractivity contribution >= 4 is 45.5 Å². The van der Waals surface area contributed by atoms with E-state index in [4.69, 9.17) is 23.1 Å². The Morgan fingerprint density at radius 3 is 2.88 bits per heavy atom. The van der Waals surface area contributed by atoms with E-state index in [1.807, 2.05) is 6.07 Å². The Kier molecular flexibility index (Phi) is 5.23. The van der Waals surface area contributed by atoms with E-state index in [2.05, 4.69) is 25.4 Å². The highest BCUT2D eigenvalue weighted by molar-refractivity contribution is 6.31. The summed E-state index contributed by atoms with van der Waals surface area (Å²) in [6.07, 6.45) is 3.11. The van der Waals surface area contributed by atoms with Gasteiger partial charge in [-0.05, 0) is 25.1 Å². The number of fused-ring (bicyclic) bond motifs is 2. The van der Waals surface area contributed by atoms with Gasteiger partial charge in [0.2, 0.25) is 5.91 Å². The van der Waals surface area contributed by atoms with Crippen molar-refractivity contribution in [2.24, 2.45) is 11.5 Å². The SMILES string of the molecule is C[C@@H](NC(=O)c1c[nH]c2ncc(-c3nn(CN)c4cc(Cl)ccc34)nc12)C(=O)N1CC(N)C1. The third kappa shape index (κ3) is 3.69. The van der Waals surface area contributed by atoms with Crippen LogP contribution in [0.15, 0.2) is 30.6 Å². The summed E-state index contributed by atoms with van der Waals surface area (Å²) in [4.78, 5) is 39.0. The average Bonchev–Trinajstić information content (AvgIpc) is 3.36. The number of hydrogen-bond acceptors (Lipinski definition) is 7. The van der Waals surface area contributed by atoms with Gasteiger partial charge in [0.25, 0.3) is 5.91 Å². The zero-order valence-corrected chi connectivity index (χ0v) is 18.5. The van der Waals surface area contributed by atoms with Gasteiger partial charge in [-0.2, -0.15) is 5.10 Å². The predicted molar refractivity (Wildman–Crippen MR) is 123 cm³/mol. The van der Waals surface area contributed by atoms with Crippen molar-refractivity contribution in [2.75, 3.05) is 13.1 Å². The molecule has 0 aliphatic carbocycles. The molecule has 0 unspecified atom stereocenters. The highest BCUT2D eigenvalue weighted by Gasteiger charge is 2.31. The predicted octanol–water partition coefficient (Wildman–Crippen LogP) is 0.832. The summed E-state index contributed by atoms with van der Waals surface area (Å²) in [5, 5.41) is 8.67. The van der Waals surface area contributed by atoms with E-state index in [-0.39, 0.29) is 24.2 Å². The van der Waals surface area contributed by atoms with E-state index >= 15 is 0 Å². The minimum absolute atomic E-state index is 0.00554. The van der Waals surface area contributed by atoms with Crippen molar-refractivity contribution in [1.82, 2.24) is 34.9 Å². The summed E-state index contributed by atoms with van der Waals surface area (Å²) in [6, 6.07) is 4.69. The first-order valence-electron chi connectivity index (χ1n) is 10.4. The van der Waals surface area contributed by atoms with E-state index in [9.17, 15) is 9.59 Å². The molecule has 0 saturated carbocycles. The Balaban J connectivity index is 1.47. The van der Waals surface area contributed by atoms with Gasteiger partial charge in [0.1, 0.15) is 22.9 Å². The Morgan fingerprint density at radius 2 is 2.15 bits per heavy atom. The number of nitrogens with two attached hydrogens (primary N) is 2. The lowest BCUT2D eigenvalue weighted by atomic mass is 10.1. The third-order valence-electron chi connectivity index (χ3n) is 5.69. The molecular formula is C21H22ClN9O2. The van der Waals surface area contributed by atoms with Gasteiger partial charge in [-0.25, -0.2) is 9.97 Å². The molecule has 170 valence electrons. The monoisotopic (exact) mass is 467 g/mol. The molecule has 6 N–H and O–H groups in total. The van der Waals surface area contributed by atoms with Gasteiger partial charge < -0.3 is 26.7 Å². The molecule has 12 heteroatoms. The van der Waals surface area contributed by atoms with Gasteiger partial charge in [-0.15, -0.1) is 0 Å². The van der Waals surface area contributed by atoms with Crippen LogP contribution in [0.5, 0.6) is 0 Å². The molecule has 1 saturated heterocycles. The number of nitrogens with one attached hydrogen (secondary N) is 2. The Morgan fingerprint density at radius 1 is 1.36 bits per heavy atom. The smallest absolute Gasteiger partial charge is 0.255 e. The van der Waals surface area contributed by atoms with Crippen molar-refractivity contribution < 1.29 is 9.59 Å². The fourth-order valence-corrected chi connectivity index (χ4v) is 4.12. The summed E-state index contributed by atoms with van der Waals surface area (Å²) in [5.41, 5.74) is 14.5. The van der Waals surface area contributed by atoms with E-state index in [0.717, 1.165) is 10.9 Å². The van der Waals surface area contributed by atoms with Crippen LogP contribution in [0, 0.1) is 0 Å². The average molecular weight is 468 g/mol. The first kappa shape index (κ1) is 21.3. The number of benzene rings is 1. The first-order valence-corrected chi connectivity index (χ1v) is 10.8. The summed E-state index contributed by atoms with van der Waals surface area (Å²) in [5.74, 6) is -0.600. The number of likely N-dealkylation sites (tertiary alicyclic amines) is 1. The van der Waals surface area contributed by atoms with Gasteiger partial charge >= 0.3 is 0 Å². The van der Waals surface area contributed by atoms with E-state index < -0.39 is 11.9 Å². The molecule has 33 heavy (non-hydrogen) atoms. The molecule has 3 aromatic heterocycles. The molecule has 11 nitrogen and oxygen atoms in total. The zero-order chi connectivity index (χ0) is 23.3. The molecule has 1 aromatic carbocycles. The fourth-order valence-electron chi connectivity index (χ4n) is 3.96. The normalized spacial score (nSPS) is 15.1. The quantitative estimate of drug-likeness (QED) is 0.338. The largest absolute Gasteiger partial charge is 0.344 e. The molecule has 5 rings (SSSR count). The zero-order valence-electron chi connectivity index (χ0n) is 17.7. The number of aromatic nitrogens is 5. The number of halogens is 1. The molecule has 4 heterocycles. The molecule has 0 spiro atoms. The number of amides is 2.